The quantitative estimate of drug-likeness (QED) is 0.782. The molecule has 0 aromatic heterocycles. The van der Waals surface area contributed by atoms with E-state index in [1.807, 2.05) is 32.9 Å². The number of ether oxygens (including phenoxy) is 3. The molecule has 1 aromatic carbocycles. The fraction of sp³-hybridized carbons (Fsp3) is 0.444. The second-order valence-corrected chi connectivity index (χ2v) is 5.29. The summed E-state index contributed by atoms with van der Waals surface area (Å²) in [5.41, 5.74) is 2.53. The molecule has 0 heterocycles. The Morgan fingerprint density at radius 3 is 2.23 bits per heavy atom. The van der Waals surface area contributed by atoms with Crippen LogP contribution in [0.1, 0.15) is 25.0 Å². The van der Waals surface area contributed by atoms with Crippen LogP contribution in [-0.2, 0) is 0 Å². The van der Waals surface area contributed by atoms with Gasteiger partial charge in [0.25, 0.3) is 0 Å². The molecule has 4 heteroatoms. The summed E-state index contributed by atoms with van der Waals surface area (Å²) in [6.07, 6.45) is 3.05. The van der Waals surface area contributed by atoms with Gasteiger partial charge in [-0.3, -0.25) is 0 Å². The summed E-state index contributed by atoms with van der Waals surface area (Å²) in [5, 5.41) is 10.3. The molecule has 22 heavy (non-hydrogen) atoms. The Labute approximate surface area is 133 Å². The van der Waals surface area contributed by atoms with Crippen molar-refractivity contribution in [1.82, 2.24) is 0 Å². The molecular weight excluding hydrogens is 280 g/mol. The monoisotopic (exact) mass is 306 g/mol. The van der Waals surface area contributed by atoms with Gasteiger partial charge in [0.2, 0.25) is 0 Å². The van der Waals surface area contributed by atoms with Gasteiger partial charge in [0.1, 0.15) is 5.75 Å². The molecule has 0 spiro atoms. The highest BCUT2D eigenvalue weighted by atomic mass is 16.5. The largest absolute Gasteiger partial charge is 0.496 e. The van der Waals surface area contributed by atoms with Gasteiger partial charge in [0, 0.05) is 17.0 Å². The third-order valence-corrected chi connectivity index (χ3v) is 3.80. The second kappa shape index (κ2) is 7.90. The van der Waals surface area contributed by atoms with Crippen LogP contribution in [0.3, 0.4) is 0 Å². The van der Waals surface area contributed by atoms with Crippen LogP contribution in [0.4, 0.5) is 0 Å². The molecule has 1 N–H and O–H groups in total. The van der Waals surface area contributed by atoms with Crippen molar-refractivity contribution in [2.45, 2.75) is 26.9 Å². The summed E-state index contributed by atoms with van der Waals surface area (Å²) in [6.45, 7) is 9.44. The van der Waals surface area contributed by atoms with Crippen LogP contribution in [0.2, 0.25) is 0 Å². The minimum absolute atomic E-state index is 0.0246. The molecule has 0 radical (unpaired) electrons. The minimum atomic E-state index is -0.587. The van der Waals surface area contributed by atoms with E-state index >= 15 is 0 Å². The predicted octanol–water partition coefficient (Wildman–Crippen LogP) is 3.61. The lowest BCUT2D eigenvalue weighted by atomic mass is 9.96. The number of aliphatic hydroxyl groups is 1. The Balaban J connectivity index is 3.40. The molecule has 2 atom stereocenters. The number of hydrogen-bond donors (Lipinski definition) is 1. The van der Waals surface area contributed by atoms with E-state index in [4.69, 9.17) is 14.2 Å². The fourth-order valence-electron chi connectivity index (χ4n) is 2.43. The number of methoxy groups -OCH3 is 3. The van der Waals surface area contributed by atoms with Gasteiger partial charge in [-0.2, -0.15) is 0 Å². The first-order valence-electron chi connectivity index (χ1n) is 7.19. The van der Waals surface area contributed by atoms with E-state index in [9.17, 15) is 5.11 Å². The van der Waals surface area contributed by atoms with Gasteiger partial charge in [0.15, 0.2) is 11.5 Å². The van der Waals surface area contributed by atoms with E-state index in [0.29, 0.717) is 17.2 Å². The number of aliphatic hydroxyl groups excluding tert-OH is 1. The average Bonchev–Trinajstić information content (AvgIpc) is 2.52. The first-order chi connectivity index (χ1) is 10.4. The summed E-state index contributed by atoms with van der Waals surface area (Å²) in [7, 11) is 4.81. The molecule has 4 nitrogen and oxygen atoms in total. The molecule has 0 aliphatic rings. The Hall–Kier alpha value is -1.94. The van der Waals surface area contributed by atoms with E-state index in [2.05, 4.69) is 6.58 Å². The number of rotatable bonds is 7. The summed E-state index contributed by atoms with van der Waals surface area (Å²) in [6, 6.07) is 1.85. The third-order valence-electron chi connectivity index (χ3n) is 3.80. The molecule has 122 valence electrons. The van der Waals surface area contributed by atoms with Crippen molar-refractivity contribution in [1.29, 1.82) is 0 Å². The normalized spacial score (nSPS) is 14.2. The molecule has 1 rings (SSSR count). The average molecular weight is 306 g/mol. The molecule has 0 aliphatic heterocycles. The van der Waals surface area contributed by atoms with Crippen molar-refractivity contribution in [3.8, 4) is 17.2 Å². The molecular formula is C18H26O4. The molecule has 0 aliphatic carbocycles. The van der Waals surface area contributed by atoms with Crippen LogP contribution in [0.15, 0.2) is 24.3 Å². The van der Waals surface area contributed by atoms with Crippen molar-refractivity contribution in [2.24, 2.45) is 5.92 Å². The standard InChI is InChI=1S/C18H26O4/c1-8-11(2)16(19)12(3)9-14-10-15(20-5)18(22-7)13(4)17(14)21-6/h8-11,16,19H,1H2,2-7H3/b12-9+/t11-,16+/m0/s1. The second-order valence-electron chi connectivity index (χ2n) is 5.29. The molecule has 0 unspecified atom stereocenters. The highest BCUT2D eigenvalue weighted by Crippen LogP contribution is 2.40. The first kappa shape index (κ1) is 18.1. The molecule has 1 aromatic rings. The lowest BCUT2D eigenvalue weighted by Crippen LogP contribution is -2.16. The van der Waals surface area contributed by atoms with E-state index in [1.54, 1.807) is 27.4 Å². The van der Waals surface area contributed by atoms with Gasteiger partial charge >= 0.3 is 0 Å². The lowest BCUT2D eigenvalue weighted by Gasteiger charge is -2.19. The topological polar surface area (TPSA) is 47.9 Å². The molecule has 0 bridgehead atoms. The summed E-state index contributed by atoms with van der Waals surface area (Å²) >= 11 is 0. The highest BCUT2D eigenvalue weighted by Gasteiger charge is 2.18. The fourth-order valence-corrected chi connectivity index (χ4v) is 2.43. The van der Waals surface area contributed by atoms with Crippen LogP contribution in [-0.4, -0.2) is 32.5 Å². The third kappa shape index (κ3) is 3.63. The summed E-state index contributed by atoms with van der Waals surface area (Å²) in [4.78, 5) is 0. The van der Waals surface area contributed by atoms with Crippen LogP contribution in [0, 0.1) is 12.8 Å². The minimum Gasteiger partial charge on any atom is -0.496 e. The van der Waals surface area contributed by atoms with Crippen molar-refractivity contribution in [3.63, 3.8) is 0 Å². The maximum absolute atomic E-state index is 10.3. The smallest absolute Gasteiger partial charge is 0.167 e. The Morgan fingerprint density at radius 2 is 1.77 bits per heavy atom. The van der Waals surface area contributed by atoms with E-state index in [1.165, 1.54) is 0 Å². The summed E-state index contributed by atoms with van der Waals surface area (Å²) in [5.74, 6) is 1.96. The van der Waals surface area contributed by atoms with E-state index in [0.717, 1.165) is 16.7 Å². The zero-order chi connectivity index (χ0) is 16.9. The van der Waals surface area contributed by atoms with Gasteiger partial charge < -0.3 is 19.3 Å². The Morgan fingerprint density at radius 1 is 1.18 bits per heavy atom. The first-order valence-corrected chi connectivity index (χ1v) is 7.19. The van der Waals surface area contributed by atoms with Crippen molar-refractivity contribution in [2.75, 3.05) is 21.3 Å². The Bertz CT molecular complexity index is 561. The van der Waals surface area contributed by atoms with Crippen LogP contribution in [0.5, 0.6) is 17.2 Å². The molecule has 0 fully saturated rings. The highest BCUT2D eigenvalue weighted by molar-refractivity contribution is 5.68. The maximum atomic E-state index is 10.3. The van der Waals surface area contributed by atoms with Gasteiger partial charge in [-0.1, -0.05) is 13.0 Å². The number of hydrogen-bond acceptors (Lipinski definition) is 4. The lowest BCUT2D eigenvalue weighted by molar-refractivity contribution is 0.174. The van der Waals surface area contributed by atoms with Crippen LogP contribution >= 0.6 is 0 Å². The maximum Gasteiger partial charge on any atom is 0.167 e. The van der Waals surface area contributed by atoms with Crippen molar-refractivity contribution in [3.05, 3.63) is 35.4 Å². The Kier molecular flexibility index (Phi) is 6.50. The molecule has 0 amide bonds. The van der Waals surface area contributed by atoms with E-state index < -0.39 is 6.10 Å². The zero-order valence-corrected chi connectivity index (χ0v) is 14.3. The SMILES string of the molecule is C=C[C@H](C)[C@@H](O)/C(C)=C/c1cc(OC)c(OC)c(C)c1OC. The van der Waals surface area contributed by atoms with Crippen molar-refractivity contribution >= 4 is 6.08 Å². The number of benzene rings is 1. The van der Waals surface area contributed by atoms with Gasteiger partial charge in [-0.05, 0) is 31.6 Å². The summed E-state index contributed by atoms with van der Waals surface area (Å²) < 4.78 is 16.3. The van der Waals surface area contributed by atoms with Crippen molar-refractivity contribution < 1.29 is 19.3 Å². The zero-order valence-electron chi connectivity index (χ0n) is 14.3. The van der Waals surface area contributed by atoms with Gasteiger partial charge in [-0.25, -0.2) is 0 Å². The van der Waals surface area contributed by atoms with Gasteiger partial charge in [0.05, 0.1) is 27.4 Å². The van der Waals surface area contributed by atoms with E-state index in [-0.39, 0.29) is 5.92 Å². The predicted molar refractivity (Wildman–Crippen MR) is 89.9 cm³/mol. The van der Waals surface area contributed by atoms with Gasteiger partial charge in [-0.15, -0.1) is 6.58 Å². The molecule has 0 saturated carbocycles. The van der Waals surface area contributed by atoms with Crippen LogP contribution < -0.4 is 14.2 Å². The molecule has 0 saturated heterocycles. The van der Waals surface area contributed by atoms with Crippen LogP contribution in [0.25, 0.3) is 6.08 Å².